The van der Waals surface area contributed by atoms with Crippen molar-refractivity contribution in [3.8, 4) is 5.88 Å². The molecule has 0 bridgehead atoms. The van der Waals surface area contributed by atoms with Crippen molar-refractivity contribution in [2.45, 2.75) is 0 Å². The summed E-state index contributed by atoms with van der Waals surface area (Å²) in [6.07, 6.45) is 1.68. The van der Waals surface area contributed by atoms with Crippen LogP contribution < -0.4 is 23.6 Å². The summed E-state index contributed by atoms with van der Waals surface area (Å²) < 4.78 is 4.41. The Balaban J connectivity index is 0. The smallest absolute Gasteiger partial charge is 1.00 e. The molecule has 0 amide bonds. The minimum absolute atomic E-state index is 0. The number of aromatic amines is 1. The molecule has 1 aromatic heterocycles. The van der Waals surface area contributed by atoms with Crippen LogP contribution in [0.25, 0.3) is 0 Å². The molecule has 9 heavy (non-hydrogen) atoms. The zero-order valence-corrected chi connectivity index (χ0v) is 5.13. The molecule has 4 heteroatoms. The van der Waals surface area contributed by atoms with Gasteiger partial charge in [-0.2, -0.15) is 0 Å². The largest absolute Gasteiger partial charge is 1.00 e. The fourth-order valence-electron chi connectivity index (χ4n) is 0.439. The third kappa shape index (κ3) is 2.40. The maximum Gasteiger partial charge on any atom is 1.00 e. The van der Waals surface area contributed by atoms with E-state index in [-0.39, 0.29) is 20.3 Å². The minimum Gasteiger partial charge on any atom is -1.00 e. The summed E-state index contributed by atoms with van der Waals surface area (Å²) in [6.45, 7) is 0.381. The van der Waals surface area contributed by atoms with Crippen LogP contribution in [-0.2, 0) is 4.79 Å². The number of rotatable bonds is 2. The summed E-state index contributed by atoms with van der Waals surface area (Å²) in [6, 6.07) is 3.41. The zero-order valence-electron chi connectivity index (χ0n) is 6.13. The fourth-order valence-corrected chi connectivity index (χ4v) is 0.439. The second-order valence-corrected chi connectivity index (χ2v) is 1.25. The Labute approximate surface area is 66.1 Å². The van der Waals surface area contributed by atoms with Crippen LogP contribution in [0, 0.1) is 0 Å². The molecule has 1 rings (SSSR count). The molecule has 0 radical (unpaired) electrons. The van der Waals surface area contributed by atoms with Crippen molar-refractivity contribution in [1.82, 2.24) is 4.98 Å². The number of hydrogen-bond donors (Lipinski definition) is 1. The van der Waals surface area contributed by atoms with E-state index in [9.17, 15) is 4.79 Å². The first kappa shape index (κ1) is 8.35. The van der Waals surface area contributed by atoms with Crippen molar-refractivity contribution < 1.29 is 29.8 Å². The van der Waals surface area contributed by atoms with Crippen molar-refractivity contribution in [3.63, 3.8) is 0 Å². The molecule has 0 unspecified atom stereocenters. The molecule has 0 aromatic carbocycles. The molecule has 0 spiro atoms. The number of nitrogens with one attached hydrogen (secondary N) is 1. The third-order valence-corrected chi connectivity index (χ3v) is 0.744. The molecular formula is C5H6LiNO2. The molecule has 3 nitrogen and oxygen atoms in total. The van der Waals surface area contributed by atoms with Gasteiger partial charge < -0.3 is 11.1 Å². The van der Waals surface area contributed by atoms with E-state index in [0.29, 0.717) is 12.4 Å². The molecule has 1 aromatic rings. The van der Waals surface area contributed by atoms with E-state index in [0.717, 1.165) is 0 Å². The Morgan fingerprint density at radius 2 is 2.56 bits per heavy atom. The van der Waals surface area contributed by atoms with Crippen molar-refractivity contribution >= 4 is 6.47 Å². The van der Waals surface area contributed by atoms with E-state index in [1.165, 1.54) is 0 Å². The van der Waals surface area contributed by atoms with Gasteiger partial charge in [0.25, 0.3) is 6.47 Å². The van der Waals surface area contributed by atoms with E-state index < -0.39 is 0 Å². The van der Waals surface area contributed by atoms with Crippen LogP contribution in [0.5, 0.6) is 5.88 Å². The van der Waals surface area contributed by atoms with Gasteiger partial charge in [0.05, 0.1) is 0 Å². The van der Waals surface area contributed by atoms with Gasteiger partial charge in [0, 0.05) is 12.3 Å². The summed E-state index contributed by atoms with van der Waals surface area (Å²) in [4.78, 5) is 12.3. The Morgan fingerprint density at radius 1 is 1.78 bits per heavy atom. The van der Waals surface area contributed by atoms with Crippen LogP contribution in [0.3, 0.4) is 0 Å². The van der Waals surface area contributed by atoms with Gasteiger partial charge in [0.15, 0.2) is 0 Å². The maximum atomic E-state index is 9.63. The number of aromatic nitrogens is 1. The van der Waals surface area contributed by atoms with Gasteiger partial charge in [0.2, 0.25) is 5.88 Å². The van der Waals surface area contributed by atoms with Gasteiger partial charge in [0.1, 0.15) is 0 Å². The summed E-state index contributed by atoms with van der Waals surface area (Å²) >= 11 is 0. The second-order valence-electron chi connectivity index (χ2n) is 1.25. The molecule has 0 saturated carbocycles. The standard InChI is InChI=1S/C5H5NO2.Li.H/c7-4-8-5-2-1-3-6-5;;/h1-4,6H;;/q;+1;-1. The Hall–Kier alpha value is -0.653. The maximum absolute atomic E-state index is 9.63. The first-order valence-electron chi connectivity index (χ1n) is 2.17. The molecule has 0 saturated heterocycles. The van der Waals surface area contributed by atoms with Crippen molar-refractivity contribution in [2.75, 3.05) is 0 Å². The predicted molar refractivity (Wildman–Crippen MR) is 28.6 cm³/mol. The van der Waals surface area contributed by atoms with E-state index in [2.05, 4.69) is 9.72 Å². The molecular weight excluding hydrogens is 113 g/mol. The molecule has 44 valence electrons. The average Bonchev–Trinajstić information content (AvgIpc) is 2.19. The van der Waals surface area contributed by atoms with Gasteiger partial charge in [-0.1, -0.05) is 0 Å². The van der Waals surface area contributed by atoms with Crippen molar-refractivity contribution in [3.05, 3.63) is 18.3 Å². The van der Waals surface area contributed by atoms with Gasteiger partial charge in [-0.3, -0.25) is 4.79 Å². The third-order valence-electron chi connectivity index (χ3n) is 0.744. The van der Waals surface area contributed by atoms with Gasteiger partial charge >= 0.3 is 18.9 Å². The Kier molecular flexibility index (Phi) is 3.94. The van der Waals surface area contributed by atoms with Gasteiger partial charge in [-0.15, -0.1) is 0 Å². The Bertz CT molecular complexity index is 166. The van der Waals surface area contributed by atoms with Crippen LogP contribution in [0.4, 0.5) is 0 Å². The number of H-pyrrole nitrogens is 1. The molecule has 0 aliphatic carbocycles. The number of ether oxygens (including phenoxy) is 1. The van der Waals surface area contributed by atoms with E-state index in [4.69, 9.17) is 0 Å². The topological polar surface area (TPSA) is 42.1 Å². The van der Waals surface area contributed by atoms with Crippen LogP contribution in [0.15, 0.2) is 18.3 Å². The fraction of sp³-hybridized carbons (Fsp3) is 0. The van der Waals surface area contributed by atoms with Crippen molar-refractivity contribution in [2.24, 2.45) is 0 Å². The normalized spacial score (nSPS) is 7.56. The SMILES string of the molecule is O=COc1ccc[nH]1.[H-].[Li+]. The summed E-state index contributed by atoms with van der Waals surface area (Å²) in [7, 11) is 0. The van der Waals surface area contributed by atoms with Crippen molar-refractivity contribution in [1.29, 1.82) is 0 Å². The summed E-state index contributed by atoms with van der Waals surface area (Å²) in [5.41, 5.74) is 0. The first-order valence-corrected chi connectivity index (χ1v) is 2.17. The second kappa shape index (κ2) is 4.25. The minimum atomic E-state index is 0. The quantitative estimate of drug-likeness (QED) is 0.350. The Morgan fingerprint density at radius 3 is 3.00 bits per heavy atom. The van der Waals surface area contributed by atoms with E-state index in [1.54, 1.807) is 18.3 Å². The number of carbonyl (C=O) groups is 1. The number of carbonyl (C=O) groups excluding carboxylic acids is 1. The van der Waals surface area contributed by atoms with Gasteiger partial charge in [-0.25, -0.2) is 0 Å². The average molecular weight is 119 g/mol. The molecule has 0 atom stereocenters. The van der Waals surface area contributed by atoms with Crippen LogP contribution >= 0.6 is 0 Å². The predicted octanol–water partition coefficient (Wildman–Crippen LogP) is -2.33. The van der Waals surface area contributed by atoms with E-state index >= 15 is 0 Å². The van der Waals surface area contributed by atoms with Gasteiger partial charge in [-0.05, 0) is 6.07 Å². The monoisotopic (exact) mass is 119 g/mol. The number of hydrogen-bond acceptors (Lipinski definition) is 2. The van der Waals surface area contributed by atoms with E-state index in [1.807, 2.05) is 0 Å². The molecule has 0 aliphatic heterocycles. The molecule has 1 N–H and O–H groups in total. The molecule has 0 fully saturated rings. The summed E-state index contributed by atoms with van der Waals surface area (Å²) in [5.74, 6) is 0.472. The van der Waals surface area contributed by atoms with Crippen LogP contribution in [0.2, 0.25) is 0 Å². The first-order chi connectivity index (χ1) is 3.93. The zero-order chi connectivity index (χ0) is 5.82. The summed E-state index contributed by atoms with van der Waals surface area (Å²) in [5, 5.41) is 0. The van der Waals surface area contributed by atoms with Crippen LogP contribution in [0.1, 0.15) is 1.43 Å². The molecule has 0 aliphatic rings. The molecule has 1 heterocycles. The van der Waals surface area contributed by atoms with Crippen LogP contribution in [-0.4, -0.2) is 11.5 Å².